The molecule has 0 spiro atoms. The molecule has 5 nitrogen and oxygen atoms in total. The molecule has 3 N–H and O–H groups in total. The van der Waals surface area contributed by atoms with Crippen LogP contribution in [-0.2, 0) is 6.18 Å². The number of amides is 1. The van der Waals surface area contributed by atoms with Crippen molar-refractivity contribution in [1.82, 2.24) is 4.90 Å². The Bertz CT molecular complexity index is 498. The van der Waals surface area contributed by atoms with Gasteiger partial charge in [0.05, 0.1) is 12.1 Å². The molecule has 0 bridgehead atoms. The van der Waals surface area contributed by atoms with Gasteiger partial charge in [-0.3, -0.25) is 4.79 Å². The lowest BCUT2D eigenvalue weighted by Crippen LogP contribution is -2.38. The fourth-order valence-corrected chi connectivity index (χ4v) is 1.54. The van der Waals surface area contributed by atoms with E-state index in [1.165, 1.54) is 4.90 Å². The molecule has 1 amide bonds. The highest BCUT2D eigenvalue weighted by Crippen LogP contribution is 2.29. The van der Waals surface area contributed by atoms with Crippen molar-refractivity contribution >= 4 is 11.7 Å². The van der Waals surface area contributed by atoms with Crippen molar-refractivity contribution < 1.29 is 23.2 Å². The van der Waals surface area contributed by atoms with E-state index in [2.05, 4.69) is 5.16 Å². The van der Waals surface area contributed by atoms with Gasteiger partial charge in [-0.05, 0) is 31.2 Å². The summed E-state index contributed by atoms with van der Waals surface area (Å²) in [5, 5.41) is 11.2. The number of amidine groups is 1. The molecular weight excluding hydrogens is 275 g/mol. The molecule has 0 aliphatic heterocycles. The van der Waals surface area contributed by atoms with E-state index in [1.807, 2.05) is 0 Å². The summed E-state index contributed by atoms with van der Waals surface area (Å²) in [5.74, 6) is -0.653. The molecule has 0 aliphatic carbocycles. The molecule has 0 radical (unpaired) electrons. The van der Waals surface area contributed by atoms with E-state index in [0.29, 0.717) is 0 Å². The van der Waals surface area contributed by atoms with Gasteiger partial charge in [0.1, 0.15) is 0 Å². The number of hydrogen-bond donors (Lipinski definition) is 2. The highest BCUT2D eigenvalue weighted by Gasteiger charge is 2.30. The second kappa shape index (κ2) is 6.27. The van der Waals surface area contributed by atoms with Crippen LogP contribution in [0.2, 0.25) is 0 Å². The van der Waals surface area contributed by atoms with Crippen LogP contribution in [0.1, 0.15) is 22.8 Å². The van der Waals surface area contributed by atoms with Crippen molar-refractivity contribution in [2.45, 2.75) is 13.1 Å². The largest absolute Gasteiger partial charge is 0.416 e. The number of carbonyl (C=O) groups excluding carboxylic acids is 1. The summed E-state index contributed by atoms with van der Waals surface area (Å²) in [6.07, 6.45) is -4.44. The fourth-order valence-electron chi connectivity index (χ4n) is 1.54. The lowest BCUT2D eigenvalue weighted by molar-refractivity contribution is -0.137. The maximum Gasteiger partial charge on any atom is 0.416 e. The van der Waals surface area contributed by atoms with Crippen molar-refractivity contribution in [3.05, 3.63) is 35.4 Å². The summed E-state index contributed by atoms with van der Waals surface area (Å²) in [6.45, 7) is 1.84. The molecule has 8 heteroatoms. The number of halogens is 3. The number of hydrogen-bond acceptors (Lipinski definition) is 3. The Morgan fingerprint density at radius 2 is 1.90 bits per heavy atom. The first kappa shape index (κ1) is 15.8. The Kier molecular flexibility index (Phi) is 4.95. The van der Waals surface area contributed by atoms with E-state index in [0.717, 1.165) is 24.3 Å². The van der Waals surface area contributed by atoms with E-state index < -0.39 is 17.6 Å². The highest BCUT2D eigenvalue weighted by atomic mass is 19.4. The standard InChI is InChI=1S/C12H14F3N3O2/c1-2-18(7-10(16)17-20)11(19)8-3-5-9(6-4-8)12(13,14)15/h3-6,20H,2,7H2,1H3,(H2,16,17). The lowest BCUT2D eigenvalue weighted by Gasteiger charge is -2.20. The zero-order chi connectivity index (χ0) is 15.3. The normalized spacial score (nSPS) is 12.3. The Balaban J connectivity index is 2.91. The molecule has 1 aromatic rings. The third kappa shape index (κ3) is 3.87. The molecule has 0 atom stereocenters. The van der Waals surface area contributed by atoms with Gasteiger partial charge in [-0.15, -0.1) is 0 Å². The van der Waals surface area contributed by atoms with Crippen LogP contribution >= 0.6 is 0 Å². The molecule has 1 rings (SSSR count). The minimum atomic E-state index is -4.44. The van der Waals surface area contributed by atoms with Gasteiger partial charge in [-0.2, -0.15) is 13.2 Å². The topological polar surface area (TPSA) is 78.9 Å². The maximum atomic E-state index is 12.4. The van der Waals surface area contributed by atoms with E-state index in [1.54, 1.807) is 6.92 Å². The van der Waals surface area contributed by atoms with Crippen molar-refractivity contribution in [3.8, 4) is 0 Å². The van der Waals surface area contributed by atoms with Gasteiger partial charge in [-0.25, -0.2) is 0 Å². The van der Waals surface area contributed by atoms with Gasteiger partial charge in [0.15, 0.2) is 5.84 Å². The van der Waals surface area contributed by atoms with Crippen molar-refractivity contribution in [2.24, 2.45) is 10.9 Å². The van der Waals surface area contributed by atoms with Gasteiger partial charge in [0.2, 0.25) is 0 Å². The number of benzene rings is 1. The molecule has 0 saturated carbocycles. The van der Waals surface area contributed by atoms with Crippen molar-refractivity contribution in [2.75, 3.05) is 13.1 Å². The number of carbonyl (C=O) groups is 1. The van der Waals surface area contributed by atoms with Gasteiger partial charge in [0, 0.05) is 12.1 Å². The third-order valence-corrected chi connectivity index (χ3v) is 2.61. The van der Waals surface area contributed by atoms with Gasteiger partial charge in [-0.1, -0.05) is 5.16 Å². The Morgan fingerprint density at radius 3 is 2.30 bits per heavy atom. The van der Waals surface area contributed by atoms with Crippen LogP contribution in [0.15, 0.2) is 29.4 Å². The number of oxime groups is 1. The summed E-state index contributed by atoms with van der Waals surface area (Å²) in [7, 11) is 0. The number of rotatable bonds is 4. The van der Waals surface area contributed by atoms with Crippen LogP contribution in [0, 0.1) is 0 Å². The number of likely N-dealkylation sites (N-methyl/N-ethyl adjacent to an activating group) is 1. The molecular formula is C12H14F3N3O2. The fraction of sp³-hybridized carbons (Fsp3) is 0.333. The Hall–Kier alpha value is -2.25. The molecule has 0 unspecified atom stereocenters. The van der Waals surface area contributed by atoms with Crippen molar-refractivity contribution in [3.63, 3.8) is 0 Å². The monoisotopic (exact) mass is 289 g/mol. The molecule has 0 saturated heterocycles. The van der Waals surface area contributed by atoms with Gasteiger partial charge in [0.25, 0.3) is 5.91 Å². The predicted molar refractivity (Wildman–Crippen MR) is 66.4 cm³/mol. The zero-order valence-electron chi connectivity index (χ0n) is 10.7. The van der Waals surface area contributed by atoms with Crippen LogP contribution < -0.4 is 5.73 Å². The quantitative estimate of drug-likeness (QED) is 0.384. The molecule has 110 valence electrons. The summed E-state index contributed by atoms with van der Waals surface area (Å²) in [4.78, 5) is 13.3. The highest BCUT2D eigenvalue weighted by molar-refractivity contribution is 5.97. The molecule has 1 aromatic carbocycles. The average molecular weight is 289 g/mol. The summed E-state index contributed by atoms with van der Waals surface area (Å²) in [6, 6.07) is 3.87. The second-order valence-electron chi connectivity index (χ2n) is 3.99. The van der Waals surface area contributed by atoms with Crippen LogP contribution in [0.3, 0.4) is 0 Å². The van der Waals surface area contributed by atoms with Gasteiger partial charge >= 0.3 is 6.18 Å². The maximum absolute atomic E-state index is 12.4. The minimum absolute atomic E-state index is 0.102. The first-order valence-electron chi connectivity index (χ1n) is 5.72. The molecule has 0 aliphatic rings. The molecule has 20 heavy (non-hydrogen) atoms. The van der Waals surface area contributed by atoms with Gasteiger partial charge < -0.3 is 15.8 Å². The van der Waals surface area contributed by atoms with Crippen LogP contribution in [0.5, 0.6) is 0 Å². The zero-order valence-corrected chi connectivity index (χ0v) is 10.7. The Morgan fingerprint density at radius 1 is 1.35 bits per heavy atom. The first-order chi connectivity index (χ1) is 9.29. The number of alkyl halides is 3. The Labute approximate surface area is 113 Å². The SMILES string of the molecule is CCN(CC(N)=NO)C(=O)c1ccc(C(F)(F)F)cc1. The first-order valence-corrected chi connectivity index (χ1v) is 5.72. The summed E-state index contributed by atoms with van der Waals surface area (Å²) >= 11 is 0. The number of nitrogens with two attached hydrogens (primary N) is 1. The van der Waals surface area contributed by atoms with E-state index >= 15 is 0 Å². The third-order valence-electron chi connectivity index (χ3n) is 2.61. The van der Waals surface area contributed by atoms with E-state index in [9.17, 15) is 18.0 Å². The average Bonchev–Trinajstić information content (AvgIpc) is 2.42. The summed E-state index contributed by atoms with van der Waals surface area (Å²) in [5.41, 5.74) is 4.58. The smallest absolute Gasteiger partial charge is 0.409 e. The predicted octanol–water partition coefficient (Wildman–Crippen LogP) is 1.91. The van der Waals surface area contributed by atoms with E-state index in [-0.39, 0.29) is 24.5 Å². The van der Waals surface area contributed by atoms with Crippen LogP contribution in [-0.4, -0.2) is 34.9 Å². The molecule has 0 fully saturated rings. The van der Waals surface area contributed by atoms with Crippen molar-refractivity contribution in [1.29, 1.82) is 0 Å². The summed E-state index contributed by atoms with van der Waals surface area (Å²) < 4.78 is 37.2. The van der Waals surface area contributed by atoms with E-state index in [4.69, 9.17) is 10.9 Å². The number of nitrogens with zero attached hydrogens (tertiary/aromatic N) is 2. The minimum Gasteiger partial charge on any atom is -0.409 e. The van der Waals surface area contributed by atoms with Crippen LogP contribution in [0.25, 0.3) is 0 Å². The van der Waals surface area contributed by atoms with Crippen LogP contribution in [0.4, 0.5) is 13.2 Å². The molecule has 0 aromatic heterocycles. The molecule has 0 heterocycles. The lowest BCUT2D eigenvalue weighted by atomic mass is 10.1. The second-order valence-corrected chi connectivity index (χ2v) is 3.99.